The summed E-state index contributed by atoms with van der Waals surface area (Å²) in [4.78, 5) is 38.7. The van der Waals surface area contributed by atoms with Gasteiger partial charge in [-0.15, -0.1) is 0 Å². The molecule has 1 aliphatic carbocycles. The van der Waals surface area contributed by atoms with Gasteiger partial charge in [-0.25, -0.2) is 4.79 Å². The van der Waals surface area contributed by atoms with Crippen molar-refractivity contribution in [1.29, 1.82) is 0 Å². The molecule has 1 heterocycles. The van der Waals surface area contributed by atoms with Gasteiger partial charge in [0.2, 0.25) is 0 Å². The van der Waals surface area contributed by atoms with Gasteiger partial charge in [0.05, 0.1) is 29.3 Å². The van der Waals surface area contributed by atoms with Crippen molar-refractivity contribution in [1.82, 2.24) is 4.90 Å². The van der Waals surface area contributed by atoms with Crippen molar-refractivity contribution in [2.75, 3.05) is 13.2 Å². The molecule has 1 fully saturated rings. The van der Waals surface area contributed by atoms with Crippen LogP contribution in [0.1, 0.15) is 81.2 Å². The average molecular weight is 421 g/mol. The first-order valence-electron chi connectivity index (χ1n) is 10.9. The number of imide groups is 1. The van der Waals surface area contributed by atoms with Crippen LogP contribution < -0.4 is 0 Å². The maximum absolute atomic E-state index is 13.1. The molecule has 2 amide bonds. The summed E-state index contributed by atoms with van der Waals surface area (Å²) in [5.74, 6) is -1.33. The van der Waals surface area contributed by atoms with E-state index in [4.69, 9.17) is 4.74 Å². The summed E-state index contributed by atoms with van der Waals surface area (Å²) >= 11 is 0. The fraction of sp³-hybridized carbons (Fsp3) is 0.400. The third-order valence-corrected chi connectivity index (χ3v) is 6.33. The number of nitrogens with zero attached hydrogens (tertiary/aromatic N) is 1. The molecular formula is C25H27NO5. The summed E-state index contributed by atoms with van der Waals surface area (Å²) in [6.07, 6.45) is 7.36. The summed E-state index contributed by atoms with van der Waals surface area (Å²) in [5, 5.41) is 9.24. The number of carbonyl (C=O) groups is 3. The van der Waals surface area contributed by atoms with E-state index in [1.165, 1.54) is 55.2 Å². The molecule has 4 rings (SSSR count). The normalized spacial score (nSPS) is 17.6. The van der Waals surface area contributed by atoms with Gasteiger partial charge in [0.15, 0.2) is 0 Å². The second kappa shape index (κ2) is 9.43. The van der Waals surface area contributed by atoms with Crippen molar-refractivity contribution >= 4 is 17.8 Å². The van der Waals surface area contributed by atoms with Gasteiger partial charge in [-0.2, -0.15) is 0 Å². The number of benzene rings is 2. The minimum Gasteiger partial charge on any atom is -0.478 e. The number of hydrogen-bond donors (Lipinski definition) is 1. The topological polar surface area (TPSA) is 83.9 Å². The van der Waals surface area contributed by atoms with Crippen LogP contribution in [0, 0.1) is 5.92 Å². The molecule has 2 aromatic rings. The Hall–Kier alpha value is -2.99. The quantitative estimate of drug-likeness (QED) is 0.493. The van der Waals surface area contributed by atoms with E-state index in [9.17, 15) is 19.5 Å². The largest absolute Gasteiger partial charge is 0.478 e. The highest BCUT2D eigenvalue weighted by Gasteiger charge is 2.41. The Morgan fingerprint density at radius 1 is 1.00 bits per heavy atom. The lowest BCUT2D eigenvalue weighted by Gasteiger charge is -2.27. The van der Waals surface area contributed by atoms with Crippen LogP contribution in [-0.4, -0.2) is 41.0 Å². The van der Waals surface area contributed by atoms with E-state index in [2.05, 4.69) is 0 Å². The van der Waals surface area contributed by atoms with Gasteiger partial charge in [0.1, 0.15) is 0 Å². The molecule has 0 radical (unpaired) electrons. The molecule has 1 aliphatic heterocycles. The molecular weight excluding hydrogens is 394 g/mol. The zero-order valence-corrected chi connectivity index (χ0v) is 17.5. The second-order valence-corrected chi connectivity index (χ2v) is 8.34. The molecule has 2 aliphatic rings. The maximum atomic E-state index is 13.1. The number of amides is 2. The molecule has 0 aromatic heterocycles. The molecule has 0 spiro atoms. The Morgan fingerprint density at radius 2 is 1.71 bits per heavy atom. The molecule has 162 valence electrons. The highest BCUT2D eigenvalue weighted by Crippen LogP contribution is 2.33. The number of fused-ring (bicyclic) bond motifs is 1. The average Bonchev–Trinajstić information content (AvgIpc) is 3.05. The van der Waals surface area contributed by atoms with Crippen LogP contribution >= 0.6 is 0 Å². The first kappa shape index (κ1) is 21.2. The molecule has 31 heavy (non-hydrogen) atoms. The van der Waals surface area contributed by atoms with Gasteiger partial charge in [-0.3, -0.25) is 14.5 Å². The lowest BCUT2D eigenvalue weighted by Crippen LogP contribution is -2.36. The fourth-order valence-corrected chi connectivity index (χ4v) is 4.59. The molecule has 1 saturated carbocycles. The minimum absolute atomic E-state index is 0.0123. The van der Waals surface area contributed by atoms with E-state index in [1.54, 1.807) is 0 Å². The van der Waals surface area contributed by atoms with Crippen LogP contribution in [0.25, 0.3) is 0 Å². The number of rotatable bonds is 8. The fourth-order valence-electron chi connectivity index (χ4n) is 4.59. The van der Waals surface area contributed by atoms with Gasteiger partial charge in [-0.1, -0.05) is 62.4 Å². The first-order chi connectivity index (χ1) is 15.1. The van der Waals surface area contributed by atoms with Crippen molar-refractivity contribution in [3.8, 4) is 0 Å². The van der Waals surface area contributed by atoms with Gasteiger partial charge in [0.25, 0.3) is 11.8 Å². The van der Waals surface area contributed by atoms with Crippen molar-refractivity contribution in [3.63, 3.8) is 0 Å². The number of carboxylic acid groups (broad SMARTS) is 1. The predicted octanol–water partition coefficient (Wildman–Crippen LogP) is 4.71. The lowest BCUT2D eigenvalue weighted by atomic mass is 9.87. The summed E-state index contributed by atoms with van der Waals surface area (Å²) < 4.78 is 5.98. The van der Waals surface area contributed by atoms with Crippen LogP contribution in [0.4, 0.5) is 0 Å². The number of aromatic carboxylic acids is 1. The molecule has 0 unspecified atom stereocenters. The molecule has 0 saturated heterocycles. The molecule has 2 aromatic carbocycles. The van der Waals surface area contributed by atoms with E-state index < -0.39 is 23.8 Å². The van der Waals surface area contributed by atoms with E-state index >= 15 is 0 Å². The third-order valence-electron chi connectivity index (χ3n) is 6.33. The van der Waals surface area contributed by atoms with Crippen molar-refractivity contribution in [2.45, 2.75) is 44.6 Å². The van der Waals surface area contributed by atoms with Crippen molar-refractivity contribution in [3.05, 3.63) is 70.8 Å². The van der Waals surface area contributed by atoms with E-state index in [-0.39, 0.29) is 23.3 Å². The van der Waals surface area contributed by atoms with Crippen molar-refractivity contribution in [2.24, 2.45) is 5.92 Å². The lowest BCUT2D eigenvalue weighted by molar-refractivity contribution is 0.0362. The Bertz CT molecular complexity index is 965. The Labute approximate surface area is 181 Å². The maximum Gasteiger partial charge on any atom is 0.335 e. The summed E-state index contributed by atoms with van der Waals surface area (Å²) in [5.41, 5.74) is 1.17. The predicted molar refractivity (Wildman–Crippen MR) is 115 cm³/mol. The third kappa shape index (κ3) is 4.54. The van der Waals surface area contributed by atoms with E-state index in [0.29, 0.717) is 12.5 Å². The van der Waals surface area contributed by atoms with Gasteiger partial charge < -0.3 is 9.84 Å². The standard InChI is InChI=1S/C25H27NO5/c27-23-20-12-11-19(25(29)30)15-21(20)24(28)26(23)22(18-9-5-2-6-10-18)16-31-14-13-17-7-3-1-4-8-17/h2,5-6,9-12,15,17,22H,1,3-4,7-8,13-14,16H2,(H,29,30)/t22-/m1/s1. The van der Waals surface area contributed by atoms with Gasteiger partial charge in [-0.05, 0) is 36.1 Å². The van der Waals surface area contributed by atoms with Crippen LogP contribution in [0.3, 0.4) is 0 Å². The highest BCUT2D eigenvalue weighted by molar-refractivity contribution is 6.22. The number of carboxylic acids is 1. The summed E-state index contributed by atoms with van der Waals surface area (Å²) in [7, 11) is 0. The molecule has 1 atom stereocenters. The number of hydrogen-bond acceptors (Lipinski definition) is 4. The smallest absolute Gasteiger partial charge is 0.335 e. The summed E-state index contributed by atoms with van der Waals surface area (Å²) in [6, 6.07) is 12.9. The Balaban J connectivity index is 1.52. The van der Waals surface area contributed by atoms with E-state index in [1.807, 2.05) is 30.3 Å². The Morgan fingerprint density at radius 3 is 2.42 bits per heavy atom. The zero-order chi connectivity index (χ0) is 21.8. The van der Waals surface area contributed by atoms with E-state index in [0.717, 1.165) is 12.0 Å². The molecule has 6 heteroatoms. The van der Waals surface area contributed by atoms with Crippen LogP contribution in [-0.2, 0) is 4.74 Å². The SMILES string of the molecule is O=C(O)c1ccc2c(c1)C(=O)N([C@H](COCCC1CCCCC1)c1ccccc1)C2=O. The summed E-state index contributed by atoms with van der Waals surface area (Å²) in [6.45, 7) is 0.814. The second-order valence-electron chi connectivity index (χ2n) is 8.34. The molecule has 0 bridgehead atoms. The van der Waals surface area contributed by atoms with Gasteiger partial charge in [0, 0.05) is 6.61 Å². The highest BCUT2D eigenvalue weighted by atomic mass is 16.5. The molecule has 6 nitrogen and oxygen atoms in total. The number of carbonyl (C=O) groups excluding carboxylic acids is 2. The van der Waals surface area contributed by atoms with Crippen molar-refractivity contribution < 1.29 is 24.2 Å². The molecule has 1 N–H and O–H groups in total. The van der Waals surface area contributed by atoms with Crippen LogP contribution in [0.15, 0.2) is 48.5 Å². The monoisotopic (exact) mass is 421 g/mol. The van der Waals surface area contributed by atoms with Crippen LogP contribution in [0.5, 0.6) is 0 Å². The first-order valence-corrected chi connectivity index (χ1v) is 10.9. The van der Waals surface area contributed by atoms with Crippen LogP contribution in [0.2, 0.25) is 0 Å². The Kier molecular flexibility index (Phi) is 6.47. The number of ether oxygens (including phenoxy) is 1. The van der Waals surface area contributed by atoms with Gasteiger partial charge >= 0.3 is 5.97 Å². The minimum atomic E-state index is -1.13. The zero-order valence-electron chi connectivity index (χ0n) is 17.5.